The molecular weight excluding hydrogens is 362 g/mol. The van der Waals surface area contributed by atoms with Crippen LogP contribution in [-0.4, -0.2) is 47.8 Å². The van der Waals surface area contributed by atoms with E-state index in [1.165, 1.54) is 6.92 Å². The van der Waals surface area contributed by atoms with Gasteiger partial charge in [0.1, 0.15) is 18.1 Å². The van der Waals surface area contributed by atoms with Gasteiger partial charge in [-0.25, -0.2) is 0 Å². The number of carbonyl (C=O) groups excluding carboxylic acids is 4. The molecule has 0 heterocycles. The van der Waals surface area contributed by atoms with Gasteiger partial charge in [-0.15, -0.1) is 0 Å². The fraction of sp³-hybridized carbons (Fsp3) is 0.789. The van der Waals surface area contributed by atoms with Crippen molar-refractivity contribution in [2.24, 2.45) is 29.2 Å². The molecule has 0 saturated heterocycles. The van der Waals surface area contributed by atoms with Gasteiger partial charge in [-0.1, -0.05) is 48.0 Å². The first kappa shape index (κ1) is 25.8. The highest BCUT2D eigenvalue weighted by molar-refractivity contribution is 5.94. The Balaban J connectivity index is 5.41. The Hall–Kier alpha value is -2.16. The predicted molar refractivity (Wildman–Crippen MR) is 108 cm³/mol. The Kier molecular flexibility index (Phi) is 10.7. The maximum Gasteiger partial charge on any atom is 0.243 e. The predicted octanol–water partition coefficient (Wildman–Crippen LogP) is -0.369. The van der Waals surface area contributed by atoms with E-state index in [-0.39, 0.29) is 17.8 Å². The van der Waals surface area contributed by atoms with Crippen LogP contribution >= 0.6 is 0 Å². The minimum absolute atomic E-state index is 0.160. The van der Waals surface area contributed by atoms with Crippen molar-refractivity contribution in [2.75, 3.05) is 0 Å². The topological polar surface area (TPSA) is 156 Å². The van der Waals surface area contributed by atoms with Gasteiger partial charge in [0.15, 0.2) is 0 Å². The molecule has 0 aliphatic heterocycles. The first-order chi connectivity index (χ1) is 12.8. The summed E-state index contributed by atoms with van der Waals surface area (Å²) in [5.74, 6) is -2.65. The van der Waals surface area contributed by atoms with Gasteiger partial charge in [-0.05, 0) is 24.7 Å². The molecule has 7 N–H and O–H groups in total. The first-order valence-electron chi connectivity index (χ1n) is 9.79. The van der Waals surface area contributed by atoms with Crippen LogP contribution in [0.4, 0.5) is 0 Å². The van der Waals surface area contributed by atoms with E-state index in [0.29, 0.717) is 6.42 Å². The number of amides is 4. The van der Waals surface area contributed by atoms with Gasteiger partial charge >= 0.3 is 0 Å². The second-order valence-corrected chi connectivity index (χ2v) is 8.02. The Morgan fingerprint density at radius 2 is 1.11 bits per heavy atom. The van der Waals surface area contributed by atoms with Crippen LogP contribution in [0.2, 0.25) is 0 Å². The molecule has 0 aromatic rings. The molecule has 0 unspecified atom stereocenters. The lowest BCUT2D eigenvalue weighted by Gasteiger charge is -2.29. The Bertz CT molecular complexity index is 563. The summed E-state index contributed by atoms with van der Waals surface area (Å²) < 4.78 is 0. The van der Waals surface area contributed by atoms with Crippen molar-refractivity contribution in [1.29, 1.82) is 0 Å². The molecule has 0 aromatic carbocycles. The number of primary amides is 1. The fourth-order valence-corrected chi connectivity index (χ4v) is 2.57. The molecule has 5 atom stereocenters. The average molecular weight is 400 g/mol. The average Bonchev–Trinajstić information content (AvgIpc) is 2.59. The number of hydrogen-bond acceptors (Lipinski definition) is 5. The van der Waals surface area contributed by atoms with Gasteiger partial charge in [-0.3, -0.25) is 19.2 Å². The van der Waals surface area contributed by atoms with Crippen molar-refractivity contribution < 1.29 is 19.2 Å². The summed E-state index contributed by atoms with van der Waals surface area (Å²) in [5.41, 5.74) is 10.9. The second-order valence-electron chi connectivity index (χ2n) is 8.02. The van der Waals surface area contributed by atoms with E-state index in [4.69, 9.17) is 11.5 Å². The van der Waals surface area contributed by atoms with E-state index >= 15 is 0 Å². The third kappa shape index (κ3) is 7.84. The summed E-state index contributed by atoms with van der Waals surface area (Å²) in [6.45, 7) is 12.3. The minimum atomic E-state index is -0.883. The highest BCUT2D eigenvalue weighted by Gasteiger charge is 2.33. The van der Waals surface area contributed by atoms with Crippen LogP contribution in [0.15, 0.2) is 0 Å². The molecule has 0 spiro atoms. The zero-order chi connectivity index (χ0) is 22.2. The summed E-state index contributed by atoms with van der Waals surface area (Å²) in [6, 6.07) is -3.30. The first-order valence-corrected chi connectivity index (χ1v) is 9.79. The molecule has 4 amide bonds. The standard InChI is InChI=1S/C19H37N5O4/c1-8-11(6)15(24-17(26)12(7)20)19(28)23-14(10(4)5)18(27)22-13(9(2)3)16(21)25/h9-15H,8,20H2,1-7H3,(H2,21,25)(H,22,27)(H,23,28)(H,24,26)/t11-,12-,13-,14-,15-/m0/s1. The third-order valence-electron chi connectivity index (χ3n) is 4.72. The van der Waals surface area contributed by atoms with Crippen LogP contribution in [-0.2, 0) is 19.2 Å². The summed E-state index contributed by atoms with van der Waals surface area (Å²) >= 11 is 0. The smallest absolute Gasteiger partial charge is 0.243 e. The summed E-state index contributed by atoms with van der Waals surface area (Å²) in [4.78, 5) is 49.1. The molecule has 28 heavy (non-hydrogen) atoms. The quantitative estimate of drug-likeness (QED) is 0.320. The zero-order valence-corrected chi connectivity index (χ0v) is 18.0. The Morgan fingerprint density at radius 3 is 1.46 bits per heavy atom. The van der Waals surface area contributed by atoms with Crippen molar-refractivity contribution >= 4 is 23.6 Å². The second kappa shape index (κ2) is 11.6. The normalized spacial score (nSPS) is 16.6. The summed E-state index contributed by atoms with van der Waals surface area (Å²) in [7, 11) is 0. The molecular formula is C19H37N5O4. The van der Waals surface area contributed by atoms with Crippen LogP contribution < -0.4 is 27.4 Å². The van der Waals surface area contributed by atoms with Gasteiger partial charge < -0.3 is 27.4 Å². The number of hydrogen-bond donors (Lipinski definition) is 5. The number of nitrogens with two attached hydrogens (primary N) is 2. The van der Waals surface area contributed by atoms with Crippen molar-refractivity contribution in [3.8, 4) is 0 Å². The highest BCUT2D eigenvalue weighted by atomic mass is 16.2. The van der Waals surface area contributed by atoms with Crippen LogP contribution in [0, 0.1) is 17.8 Å². The Labute approximate surface area is 167 Å². The van der Waals surface area contributed by atoms with Crippen molar-refractivity contribution in [1.82, 2.24) is 16.0 Å². The lowest BCUT2D eigenvalue weighted by molar-refractivity contribution is -0.135. The molecule has 9 heteroatoms. The van der Waals surface area contributed by atoms with E-state index < -0.39 is 47.8 Å². The van der Waals surface area contributed by atoms with Gasteiger partial charge in [0.25, 0.3) is 0 Å². The van der Waals surface area contributed by atoms with E-state index in [2.05, 4.69) is 16.0 Å². The molecule has 0 rings (SSSR count). The number of nitrogens with one attached hydrogen (secondary N) is 3. The van der Waals surface area contributed by atoms with E-state index in [1.54, 1.807) is 27.7 Å². The lowest BCUT2D eigenvalue weighted by Crippen LogP contribution is -2.60. The molecule has 0 aliphatic carbocycles. The molecule has 0 aromatic heterocycles. The van der Waals surface area contributed by atoms with Gasteiger partial charge in [0.2, 0.25) is 23.6 Å². The van der Waals surface area contributed by atoms with Crippen molar-refractivity contribution in [3.63, 3.8) is 0 Å². The summed E-state index contributed by atoms with van der Waals surface area (Å²) in [5, 5.41) is 7.95. The molecule has 0 saturated carbocycles. The maximum absolute atomic E-state index is 12.8. The fourth-order valence-electron chi connectivity index (χ4n) is 2.57. The SMILES string of the molecule is CC[C@H](C)[C@H](NC(=O)[C@H](C)N)C(=O)N[C@H](C(=O)N[C@H](C(N)=O)C(C)C)C(C)C. The van der Waals surface area contributed by atoms with E-state index in [9.17, 15) is 19.2 Å². The van der Waals surface area contributed by atoms with Gasteiger partial charge in [-0.2, -0.15) is 0 Å². The highest BCUT2D eigenvalue weighted by Crippen LogP contribution is 2.11. The molecule has 0 radical (unpaired) electrons. The monoisotopic (exact) mass is 399 g/mol. The molecule has 0 bridgehead atoms. The number of rotatable bonds is 11. The molecule has 162 valence electrons. The molecule has 9 nitrogen and oxygen atoms in total. The maximum atomic E-state index is 12.8. The van der Waals surface area contributed by atoms with Gasteiger partial charge in [0.05, 0.1) is 6.04 Å². The van der Waals surface area contributed by atoms with Crippen LogP contribution in [0.5, 0.6) is 0 Å². The molecule has 0 fully saturated rings. The van der Waals surface area contributed by atoms with Crippen LogP contribution in [0.25, 0.3) is 0 Å². The van der Waals surface area contributed by atoms with E-state index in [0.717, 1.165) is 0 Å². The van der Waals surface area contributed by atoms with Crippen LogP contribution in [0.1, 0.15) is 54.9 Å². The van der Waals surface area contributed by atoms with E-state index in [1.807, 2.05) is 13.8 Å². The summed E-state index contributed by atoms with van der Waals surface area (Å²) in [6.07, 6.45) is 0.646. The molecule has 0 aliphatic rings. The minimum Gasteiger partial charge on any atom is -0.368 e. The lowest BCUT2D eigenvalue weighted by atomic mass is 9.95. The largest absolute Gasteiger partial charge is 0.368 e. The van der Waals surface area contributed by atoms with Gasteiger partial charge in [0, 0.05) is 0 Å². The van der Waals surface area contributed by atoms with Crippen molar-refractivity contribution in [2.45, 2.75) is 79.1 Å². The zero-order valence-electron chi connectivity index (χ0n) is 18.0. The Morgan fingerprint density at radius 1 is 0.714 bits per heavy atom. The van der Waals surface area contributed by atoms with Crippen molar-refractivity contribution in [3.05, 3.63) is 0 Å². The number of carbonyl (C=O) groups is 4. The third-order valence-corrected chi connectivity index (χ3v) is 4.72. The van der Waals surface area contributed by atoms with Crippen LogP contribution in [0.3, 0.4) is 0 Å².